The standard InChI is InChI=1S/C13H20ClNO2/c1-9(6-7-16-2)13(15)11-5-4-10(14)8-12(11)17-3/h4-5,8-9,13H,6-7,15H2,1-3H3. The molecule has 17 heavy (non-hydrogen) atoms. The van der Waals surface area contributed by atoms with Crippen LogP contribution in [-0.4, -0.2) is 20.8 Å². The number of hydrogen-bond donors (Lipinski definition) is 1. The lowest BCUT2D eigenvalue weighted by atomic mass is 9.92. The normalized spacial score (nSPS) is 14.4. The van der Waals surface area contributed by atoms with Gasteiger partial charge < -0.3 is 15.2 Å². The SMILES string of the molecule is COCCC(C)C(N)c1ccc(Cl)cc1OC. The summed E-state index contributed by atoms with van der Waals surface area (Å²) in [5, 5.41) is 0.655. The fraction of sp³-hybridized carbons (Fsp3) is 0.538. The van der Waals surface area contributed by atoms with Crippen molar-refractivity contribution < 1.29 is 9.47 Å². The van der Waals surface area contributed by atoms with Crippen LogP contribution in [0.4, 0.5) is 0 Å². The van der Waals surface area contributed by atoms with Crippen LogP contribution in [0.15, 0.2) is 18.2 Å². The molecule has 0 spiro atoms. The van der Waals surface area contributed by atoms with Gasteiger partial charge in [0.2, 0.25) is 0 Å². The zero-order valence-corrected chi connectivity index (χ0v) is 11.3. The fourth-order valence-corrected chi connectivity index (χ4v) is 1.91. The number of nitrogens with two attached hydrogens (primary N) is 1. The summed E-state index contributed by atoms with van der Waals surface area (Å²) in [6.07, 6.45) is 0.920. The van der Waals surface area contributed by atoms with Gasteiger partial charge in [0, 0.05) is 30.3 Å². The minimum Gasteiger partial charge on any atom is -0.496 e. The van der Waals surface area contributed by atoms with Crippen LogP contribution in [0.1, 0.15) is 24.9 Å². The third-order valence-electron chi connectivity index (χ3n) is 2.95. The monoisotopic (exact) mass is 257 g/mol. The minimum atomic E-state index is -0.0719. The van der Waals surface area contributed by atoms with Gasteiger partial charge in [0.1, 0.15) is 5.75 Å². The molecular formula is C13H20ClNO2. The lowest BCUT2D eigenvalue weighted by Gasteiger charge is -2.22. The third-order valence-corrected chi connectivity index (χ3v) is 3.18. The molecule has 1 rings (SSSR count). The van der Waals surface area contributed by atoms with Crippen LogP contribution in [0, 0.1) is 5.92 Å². The highest BCUT2D eigenvalue weighted by atomic mass is 35.5. The van der Waals surface area contributed by atoms with Crippen molar-refractivity contribution in [3.05, 3.63) is 28.8 Å². The molecule has 0 aliphatic rings. The molecule has 0 saturated heterocycles. The molecule has 3 nitrogen and oxygen atoms in total. The molecule has 0 bridgehead atoms. The Morgan fingerprint density at radius 3 is 2.65 bits per heavy atom. The Morgan fingerprint density at radius 2 is 2.06 bits per heavy atom. The molecule has 1 aromatic carbocycles. The van der Waals surface area contributed by atoms with Crippen molar-refractivity contribution >= 4 is 11.6 Å². The predicted molar refractivity (Wildman–Crippen MR) is 70.6 cm³/mol. The minimum absolute atomic E-state index is 0.0719. The van der Waals surface area contributed by atoms with E-state index in [0.717, 1.165) is 17.7 Å². The Morgan fingerprint density at radius 1 is 1.35 bits per heavy atom. The molecular weight excluding hydrogens is 238 g/mol. The first-order chi connectivity index (χ1) is 8.10. The summed E-state index contributed by atoms with van der Waals surface area (Å²) in [5.74, 6) is 1.07. The number of rotatable bonds is 6. The van der Waals surface area contributed by atoms with Gasteiger partial charge in [-0.15, -0.1) is 0 Å². The average Bonchev–Trinajstić information content (AvgIpc) is 2.34. The van der Waals surface area contributed by atoms with E-state index in [4.69, 9.17) is 26.8 Å². The largest absolute Gasteiger partial charge is 0.496 e. The van der Waals surface area contributed by atoms with Crippen LogP contribution in [0.25, 0.3) is 0 Å². The quantitative estimate of drug-likeness (QED) is 0.852. The maximum absolute atomic E-state index is 6.23. The highest BCUT2D eigenvalue weighted by molar-refractivity contribution is 6.30. The first-order valence-corrected chi connectivity index (χ1v) is 6.06. The topological polar surface area (TPSA) is 44.5 Å². The number of benzene rings is 1. The second-order valence-corrected chi connectivity index (χ2v) is 4.61. The molecule has 96 valence electrons. The van der Waals surface area contributed by atoms with Gasteiger partial charge in [-0.05, 0) is 24.5 Å². The molecule has 0 amide bonds. The molecule has 0 radical (unpaired) electrons. The van der Waals surface area contributed by atoms with E-state index < -0.39 is 0 Å². The fourth-order valence-electron chi connectivity index (χ4n) is 1.75. The molecule has 2 atom stereocenters. The van der Waals surface area contributed by atoms with Crippen LogP contribution < -0.4 is 10.5 Å². The van der Waals surface area contributed by atoms with E-state index in [-0.39, 0.29) is 6.04 Å². The highest BCUT2D eigenvalue weighted by Crippen LogP contribution is 2.31. The van der Waals surface area contributed by atoms with Crippen molar-refractivity contribution in [3.8, 4) is 5.75 Å². The molecule has 0 heterocycles. The molecule has 2 unspecified atom stereocenters. The van der Waals surface area contributed by atoms with Crippen molar-refractivity contribution in [1.82, 2.24) is 0 Å². The Bertz CT molecular complexity index is 357. The molecule has 4 heteroatoms. The molecule has 0 saturated carbocycles. The van der Waals surface area contributed by atoms with Crippen molar-refractivity contribution in [1.29, 1.82) is 0 Å². The maximum atomic E-state index is 6.23. The summed E-state index contributed by atoms with van der Waals surface area (Å²) in [6.45, 7) is 2.82. The third kappa shape index (κ3) is 3.87. The molecule has 0 aliphatic heterocycles. The van der Waals surface area contributed by atoms with Gasteiger partial charge in [-0.3, -0.25) is 0 Å². The summed E-state index contributed by atoms with van der Waals surface area (Å²) in [4.78, 5) is 0. The molecule has 0 aliphatic carbocycles. The van der Waals surface area contributed by atoms with Gasteiger partial charge in [-0.25, -0.2) is 0 Å². The molecule has 0 aromatic heterocycles. The van der Waals surface area contributed by atoms with Crippen LogP contribution in [0.5, 0.6) is 5.75 Å². The van der Waals surface area contributed by atoms with Crippen molar-refractivity contribution in [3.63, 3.8) is 0 Å². The first-order valence-electron chi connectivity index (χ1n) is 5.68. The van der Waals surface area contributed by atoms with Gasteiger partial charge >= 0.3 is 0 Å². The van der Waals surface area contributed by atoms with E-state index in [2.05, 4.69) is 6.92 Å². The van der Waals surface area contributed by atoms with Gasteiger partial charge in [-0.2, -0.15) is 0 Å². The molecule has 2 N–H and O–H groups in total. The van der Waals surface area contributed by atoms with E-state index in [1.165, 1.54) is 0 Å². The Balaban J connectivity index is 2.83. The Hall–Kier alpha value is -0.770. The van der Waals surface area contributed by atoms with Gasteiger partial charge in [0.05, 0.1) is 7.11 Å². The van der Waals surface area contributed by atoms with Crippen molar-refractivity contribution in [2.45, 2.75) is 19.4 Å². The van der Waals surface area contributed by atoms with E-state index in [1.807, 2.05) is 12.1 Å². The van der Waals surface area contributed by atoms with E-state index in [1.54, 1.807) is 20.3 Å². The summed E-state index contributed by atoms with van der Waals surface area (Å²) in [7, 11) is 3.32. The number of ether oxygens (including phenoxy) is 2. The van der Waals surface area contributed by atoms with Crippen LogP contribution >= 0.6 is 11.6 Å². The van der Waals surface area contributed by atoms with Crippen LogP contribution in [0.3, 0.4) is 0 Å². The lowest BCUT2D eigenvalue weighted by Crippen LogP contribution is -2.21. The first kappa shape index (κ1) is 14.3. The zero-order chi connectivity index (χ0) is 12.8. The summed E-state index contributed by atoms with van der Waals surface area (Å²) >= 11 is 5.92. The Kier molecular flexibility index (Phi) is 5.75. The van der Waals surface area contributed by atoms with Crippen molar-refractivity contribution in [2.24, 2.45) is 11.7 Å². The van der Waals surface area contributed by atoms with Crippen LogP contribution in [-0.2, 0) is 4.74 Å². The Labute approximate surface area is 108 Å². The molecule has 0 fully saturated rings. The van der Waals surface area contributed by atoms with Gasteiger partial charge in [0.15, 0.2) is 0 Å². The number of halogens is 1. The summed E-state index contributed by atoms with van der Waals surface area (Å²) in [5.41, 5.74) is 7.21. The average molecular weight is 258 g/mol. The summed E-state index contributed by atoms with van der Waals surface area (Å²) < 4.78 is 10.4. The number of methoxy groups -OCH3 is 2. The predicted octanol–water partition coefficient (Wildman–Crippen LogP) is 3.02. The van der Waals surface area contributed by atoms with E-state index in [9.17, 15) is 0 Å². The summed E-state index contributed by atoms with van der Waals surface area (Å²) in [6, 6.07) is 5.48. The second-order valence-electron chi connectivity index (χ2n) is 4.17. The lowest BCUT2D eigenvalue weighted by molar-refractivity contribution is 0.174. The smallest absolute Gasteiger partial charge is 0.125 e. The maximum Gasteiger partial charge on any atom is 0.125 e. The van der Waals surface area contributed by atoms with E-state index >= 15 is 0 Å². The van der Waals surface area contributed by atoms with Gasteiger partial charge in [0.25, 0.3) is 0 Å². The van der Waals surface area contributed by atoms with Crippen LogP contribution in [0.2, 0.25) is 5.02 Å². The van der Waals surface area contributed by atoms with Crippen molar-refractivity contribution in [2.75, 3.05) is 20.8 Å². The molecule has 1 aromatic rings. The second kappa shape index (κ2) is 6.84. The zero-order valence-electron chi connectivity index (χ0n) is 10.6. The number of hydrogen-bond acceptors (Lipinski definition) is 3. The highest BCUT2D eigenvalue weighted by Gasteiger charge is 2.18. The van der Waals surface area contributed by atoms with E-state index in [0.29, 0.717) is 17.5 Å². The van der Waals surface area contributed by atoms with Gasteiger partial charge in [-0.1, -0.05) is 24.6 Å².